The molecule has 0 radical (unpaired) electrons. The van der Waals surface area contributed by atoms with E-state index in [9.17, 15) is 0 Å². The molecule has 0 aromatic rings. The van der Waals surface area contributed by atoms with Crippen LogP contribution in [0.1, 0.15) is 32.1 Å². The van der Waals surface area contributed by atoms with Gasteiger partial charge >= 0.3 is 0 Å². The molecule has 0 aromatic heterocycles. The Morgan fingerprint density at radius 3 is 2.59 bits per heavy atom. The largest absolute Gasteiger partial charge is 0.384 e. The Balaban J connectivity index is 1.42. The van der Waals surface area contributed by atoms with E-state index in [0.29, 0.717) is 0 Å². The van der Waals surface area contributed by atoms with E-state index in [-0.39, 0.29) is 0 Å². The molecule has 3 atom stereocenters. The van der Waals surface area contributed by atoms with Crippen LogP contribution in [0.2, 0.25) is 0 Å². The Morgan fingerprint density at radius 1 is 1.18 bits per heavy atom. The number of likely N-dealkylation sites (tertiary alicyclic amines) is 1. The summed E-state index contributed by atoms with van der Waals surface area (Å²) in [6, 6.07) is 1.70. The monoisotopic (exact) mass is 238 g/mol. The molecule has 17 heavy (non-hydrogen) atoms. The SMILES string of the molecule is COCC1CCN(CC2CC3CCC2N3)CC1. The highest BCUT2D eigenvalue weighted by Gasteiger charge is 2.39. The van der Waals surface area contributed by atoms with Gasteiger partial charge in [0.25, 0.3) is 0 Å². The standard InChI is InChI=1S/C14H26N2O/c1-17-10-11-4-6-16(7-5-11)9-12-8-13-2-3-14(12)15-13/h11-15H,2-10H2,1H3. The molecule has 3 aliphatic rings. The Morgan fingerprint density at radius 2 is 2.00 bits per heavy atom. The molecule has 0 spiro atoms. The summed E-state index contributed by atoms with van der Waals surface area (Å²) >= 11 is 0. The van der Waals surface area contributed by atoms with Crippen LogP contribution in [-0.4, -0.2) is 50.3 Å². The van der Waals surface area contributed by atoms with E-state index in [1.165, 1.54) is 51.7 Å². The molecule has 3 aliphatic heterocycles. The first-order valence-electron chi connectivity index (χ1n) is 7.32. The lowest BCUT2D eigenvalue weighted by Crippen LogP contribution is -2.40. The minimum Gasteiger partial charge on any atom is -0.384 e. The van der Waals surface area contributed by atoms with Crippen molar-refractivity contribution < 1.29 is 4.74 Å². The van der Waals surface area contributed by atoms with Crippen LogP contribution in [0.5, 0.6) is 0 Å². The van der Waals surface area contributed by atoms with Crippen LogP contribution in [0.15, 0.2) is 0 Å². The summed E-state index contributed by atoms with van der Waals surface area (Å²) in [6.45, 7) is 4.89. The highest BCUT2D eigenvalue weighted by molar-refractivity contribution is 4.98. The molecular formula is C14H26N2O. The molecule has 3 fully saturated rings. The molecule has 98 valence electrons. The average Bonchev–Trinajstić information content (AvgIpc) is 2.94. The lowest BCUT2D eigenvalue weighted by Gasteiger charge is -2.34. The van der Waals surface area contributed by atoms with E-state index in [0.717, 1.165) is 30.5 Å². The minimum absolute atomic E-state index is 0.814. The number of methoxy groups -OCH3 is 1. The fourth-order valence-electron chi connectivity index (χ4n) is 4.04. The highest BCUT2D eigenvalue weighted by atomic mass is 16.5. The van der Waals surface area contributed by atoms with Crippen LogP contribution in [-0.2, 0) is 4.74 Å². The molecule has 3 unspecified atom stereocenters. The van der Waals surface area contributed by atoms with Gasteiger partial charge in [0.15, 0.2) is 0 Å². The van der Waals surface area contributed by atoms with Gasteiger partial charge in [-0.15, -0.1) is 0 Å². The van der Waals surface area contributed by atoms with Crippen molar-refractivity contribution in [2.75, 3.05) is 33.4 Å². The molecule has 3 nitrogen and oxygen atoms in total. The van der Waals surface area contributed by atoms with Crippen molar-refractivity contribution in [1.82, 2.24) is 10.2 Å². The van der Waals surface area contributed by atoms with Crippen molar-refractivity contribution in [3.63, 3.8) is 0 Å². The van der Waals surface area contributed by atoms with Crippen molar-refractivity contribution in [3.05, 3.63) is 0 Å². The molecule has 0 aromatic carbocycles. The molecule has 1 N–H and O–H groups in total. The van der Waals surface area contributed by atoms with Gasteiger partial charge in [-0.25, -0.2) is 0 Å². The zero-order chi connectivity index (χ0) is 11.7. The molecule has 0 saturated carbocycles. The number of hydrogen-bond donors (Lipinski definition) is 1. The molecular weight excluding hydrogens is 212 g/mol. The van der Waals surface area contributed by atoms with Gasteiger partial charge in [0.1, 0.15) is 0 Å². The zero-order valence-corrected chi connectivity index (χ0v) is 11.0. The first-order chi connectivity index (χ1) is 8.35. The predicted molar refractivity (Wildman–Crippen MR) is 69.1 cm³/mol. The normalized spacial score (nSPS) is 39.0. The fourth-order valence-corrected chi connectivity index (χ4v) is 4.04. The minimum atomic E-state index is 0.814. The molecule has 3 rings (SSSR count). The van der Waals surface area contributed by atoms with Crippen LogP contribution < -0.4 is 5.32 Å². The van der Waals surface area contributed by atoms with Gasteiger partial charge < -0.3 is 15.0 Å². The van der Waals surface area contributed by atoms with E-state index in [4.69, 9.17) is 4.74 Å². The number of fused-ring (bicyclic) bond motifs is 2. The quantitative estimate of drug-likeness (QED) is 0.803. The van der Waals surface area contributed by atoms with Crippen LogP contribution in [0, 0.1) is 11.8 Å². The van der Waals surface area contributed by atoms with E-state index in [2.05, 4.69) is 10.2 Å². The van der Waals surface area contributed by atoms with Gasteiger partial charge in [-0.2, -0.15) is 0 Å². The number of nitrogens with one attached hydrogen (secondary N) is 1. The smallest absolute Gasteiger partial charge is 0.0491 e. The summed E-state index contributed by atoms with van der Waals surface area (Å²) in [5, 5.41) is 3.75. The maximum Gasteiger partial charge on any atom is 0.0491 e. The molecule has 2 bridgehead atoms. The van der Waals surface area contributed by atoms with Crippen molar-refractivity contribution >= 4 is 0 Å². The number of piperidine rings is 1. The van der Waals surface area contributed by atoms with Crippen LogP contribution in [0.25, 0.3) is 0 Å². The maximum atomic E-state index is 5.26. The highest BCUT2D eigenvalue weighted by Crippen LogP contribution is 2.34. The second-order valence-electron chi connectivity index (χ2n) is 6.24. The Labute approximate surface area is 105 Å². The lowest BCUT2D eigenvalue weighted by atomic mass is 9.88. The third kappa shape index (κ3) is 2.67. The Hall–Kier alpha value is -0.120. The average molecular weight is 238 g/mol. The van der Waals surface area contributed by atoms with E-state index in [1.54, 1.807) is 0 Å². The van der Waals surface area contributed by atoms with Gasteiger partial charge in [-0.05, 0) is 57.0 Å². The van der Waals surface area contributed by atoms with Crippen LogP contribution in [0.3, 0.4) is 0 Å². The van der Waals surface area contributed by atoms with Crippen molar-refractivity contribution in [2.45, 2.75) is 44.2 Å². The van der Waals surface area contributed by atoms with Gasteiger partial charge in [0.2, 0.25) is 0 Å². The zero-order valence-electron chi connectivity index (χ0n) is 11.0. The number of hydrogen-bond acceptors (Lipinski definition) is 3. The third-order valence-electron chi connectivity index (χ3n) is 5.03. The predicted octanol–water partition coefficient (Wildman–Crippen LogP) is 1.49. The molecule has 3 heteroatoms. The van der Waals surface area contributed by atoms with Gasteiger partial charge in [0.05, 0.1) is 0 Å². The number of nitrogens with zero attached hydrogens (tertiary/aromatic N) is 1. The summed E-state index contributed by atoms with van der Waals surface area (Å²) in [4.78, 5) is 2.69. The Bertz CT molecular complexity index is 251. The first kappa shape index (κ1) is 11.9. The van der Waals surface area contributed by atoms with E-state index < -0.39 is 0 Å². The summed E-state index contributed by atoms with van der Waals surface area (Å²) < 4.78 is 5.26. The van der Waals surface area contributed by atoms with E-state index >= 15 is 0 Å². The first-order valence-corrected chi connectivity index (χ1v) is 7.32. The molecule has 0 amide bonds. The molecule has 3 saturated heterocycles. The topological polar surface area (TPSA) is 24.5 Å². The third-order valence-corrected chi connectivity index (χ3v) is 5.03. The van der Waals surface area contributed by atoms with Crippen LogP contribution >= 0.6 is 0 Å². The van der Waals surface area contributed by atoms with E-state index in [1.807, 2.05) is 7.11 Å². The molecule has 0 aliphatic carbocycles. The summed E-state index contributed by atoms with van der Waals surface area (Å²) in [5.41, 5.74) is 0. The second kappa shape index (κ2) is 5.25. The van der Waals surface area contributed by atoms with Crippen molar-refractivity contribution in [1.29, 1.82) is 0 Å². The summed E-state index contributed by atoms with van der Waals surface area (Å²) in [5.74, 6) is 1.75. The van der Waals surface area contributed by atoms with Crippen molar-refractivity contribution in [2.24, 2.45) is 11.8 Å². The molecule has 3 heterocycles. The lowest BCUT2D eigenvalue weighted by molar-refractivity contribution is 0.0901. The van der Waals surface area contributed by atoms with Gasteiger partial charge in [-0.1, -0.05) is 0 Å². The Kier molecular flexibility index (Phi) is 3.69. The number of rotatable bonds is 4. The van der Waals surface area contributed by atoms with Crippen molar-refractivity contribution in [3.8, 4) is 0 Å². The fraction of sp³-hybridized carbons (Fsp3) is 1.00. The second-order valence-corrected chi connectivity index (χ2v) is 6.24. The number of ether oxygens (including phenoxy) is 1. The summed E-state index contributed by atoms with van der Waals surface area (Å²) in [7, 11) is 1.83. The van der Waals surface area contributed by atoms with Gasteiger partial charge in [0, 0.05) is 32.3 Å². The maximum absolute atomic E-state index is 5.26. The summed E-state index contributed by atoms with van der Waals surface area (Å²) in [6.07, 6.45) is 6.96. The van der Waals surface area contributed by atoms with Crippen LogP contribution in [0.4, 0.5) is 0 Å². The van der Waals surface area contributed by atoms with Gasteiger partial charge in [-0.3, -0.25) is 0 Å².